The Bertz CT molecular complexity index is 1400. The van der Waals surface area contributed by atoms with Crippen LogP contribution in [0.5, 0.6) is 0 Å². The van der Waals surface area contributed by atoms with Gasteiger partial charge in [0.25, 0.3) is 5.91 Å². The van der Waals surface area contributed by atoms with Crippen molar-refractivity contribution in [1.82, 2.24) is 19.8 Å². The molecule has 1 aromatic heterocycles. The minimum Gasteiger partial charge on any atom is -0.459 e. The molecule has 0 radical (unpaired) electrons. The molecule has 3 aromatic rings. The third-order valence-electron chi connectivity index (χ3n) is 6.22. The van der Waals surface area contributed by atoms with E-state index in [9.17, 15) is 23.2 Å². The first kappa shape index (κ1) is 27.6. The number of halogens is 2. The lowest BCUT2D eigenvalue weighted by Gasteiger charge is -2.39. The Balaban J connectivity index is 1.58. The molecule has 1 fully saturated rings. The summed E-state index contributed by atoms with van der Waals surface area (Å²) in [6.07, 6.45) is -0.415. The molecular formula is C28H29F2N5O4. The second-order valence-electron chi connectivity index (χ2n) is 9.52. The zero-order valence-electron chi connectivity index (χ0n) is 22.1. The van der Waals surface area contributed by atoms with Gasteiger partial charge in [0.2, 0.25) is 0 Å². The summed E-state index contributed by atoms with van der Waals surface area (Å²) < 4.78 is 32.6. The maximum Gasteiger partial charge on any atom is 0.342 e. The Morgan fingerprint density at radius 1 is 1.05 bits per heavy atom. The van der Waals surface area contributed by atoms with Gasteiger partial charge in [-0.25, -0.2) is 28.3 Å². The molecule has 0 saturated carbocycles. The number of benzene rings is 2. The van der Waals surface area contributed by atoms with Crippen LogP contribution in [0.3, 0.4) is 0 Å². The predicted octanol–water partition coefficient (Wildman–Crippen LogP) is 4.67. The number of ether oxygens (including phenoxy) is 1. The number of amides is 3. The molecule has 3 amide bonds. The topological polar surface area (TPSA) is 105 Å². The van der Waals surface area contributed by atoms with E-state index in [1.165, 1.54) is 9.80 Å². The number of nitrogens with one attached hydrogen (secondary N) is 1. The van der Waals surface area contributed by atoms with Crippen molar-refractivity contribution in [3.63, 3.8) is 0 Å². The molecule has 2 heterocycles. The predicted molar refractivity (Wildman–Crippen MR) is 140 cm³/mol. The van der Waals surface area contributed by atoms with E-state index in [-0.39, 0.29) is 36.6 Å². The largest absolute Gasteiger partial charge is 0.459 e. The fourth-order valence-electron chi connectivity index (χ4n) is 4.33. The molecule has 1 aliphatic rings. The monoisotopic (exact) mass is 537 g/mol. The third-order valence-corrected chi connectivity index (χ3v) is 6.22. The molecule has 204 valence electrons. The minimum atomic E-state index is -0.890. The van der Waals surface area contributed by atoms with Crippen molar-refractivity contribution < 1.29 is 27.9 Å². The van der Waals surface area contributed by atoms with Crippen molar-refractivity contribution in [3.05, 3.63) is 77.1 Å². The lowest BCUT2D eigenvalue weighted by molar-refractivity contribution is 0.0367. The number of carbonyl (C=O) groups is 3. The van der Waals surface area contributed by atoms with Crippen molar-refractivity contribution >= 4 is 23.6 Å². The molecule has 1 N–H and O–H groups in total. The van der Waals surface area contributed by atoms with Crippen molar-refractivity contribution in [2.45, 2.75) is 39.8 Å². The van der Waals surface area contributed by atoms with Crippen molar-refractivity contribution in [3.8, 4) is 11.4 Å². The smallest absolute Gasteiger partial charge is 0.342 e. The maximum absolute atomic E-state index is 14.0. The molecule has 4 rings (SSSR count). The molecule has 39 heavy (non-hydrogen) atoms. The van der Waals surface area contributed by atoms with Gasteiger partial charge in [-0.2, -0.15) is 0 Å². The Kier molecular flexibility index (Phi) is 8.18. The summed E-state index contributed by atoms with van der Waals surface area (Å²) in [5, 5.41) is 2.45. The van der Waals surface area contributed by atoms with E-state index in [1.807, 2.05) is 18.2 Å². The van der Waals surface area contributed by atoms with Crippen LogP contribution in [0.1, 0.15) is 47.3 Å². The average molecular weight is 538 g/mol. The zero-order valence-corrected chi connectivity index (χ0v) is 22.1. The molecule has 1 atom stereocenters. The van der Waals surface area contributed by atoms with Crippen LogP contribution in [-0.4, -0.2) is 69.5 Å². The Labute approximate surface area is 224 Å². The van der Waals surface area contributed by atoms with Gasteiger partial charge < -0.3 is 19.9 Å². The standard InChI is InChI=1S/C28H29F2N5O4/c1-16(2)39-27(37)23-18(4)31-25(19-8-6-5-7-9-19)33-24(23)26(36)34-12-13-35(17(3)15-34)28(38)32-22-11-10-20(29)14-21(22)30/h5-11,14,16-17H,12-13,15H2,1-4H3,(H,32,38). The number of urea groups is 1. The third kappa shape index (κ3) is 6.19. The van der Waals surface area contributed by atoms with Crippen LogP contribution >= 0.6 is 0 Å². The van der Waals surface area contributed by atoms with Gasteiger partial charge in [-0.05, 0) is 39.8 Å². The number of nitrogens with zero attached hydrogens (tertiary/aromatic N) is 4. The molecule has 2 aromatic carbocycles. The number of hydrogen-bond acceptors (Lipinski definition) is 6. The van der Waals surface area contributed by atoms with Gasteiger partial charge in [-0.3, -0.25) is 4.79 Å². The SMILES string of the molecule is Cc1nc(-c2ccccc2)nc(C(=O)N2CCN(C(=O)Nc3ccc(F)cc3F)C(C)C2)c1C(=O)OC(C)C. The maximum atomic E-state index is 14.0. The second-order valence-corrected chi connectivity index (χ2v) is 9.52. The van der Waals surface area contributed by atoms with E-state index in [0.717, 1.165) is 12.1 Å². The number of esters is 1. The fraction of sp³-hybridized carbons (Fsp3) is 0.321. The molecule has 1 aliphatic heterocycles. The van der Waals surface area contributed by atoms with Crippen molar-refractivity contribution in [2.75, 3.05) is 25.0 Å². The summed E-state index contributed by atoms with van der Waals surface area (Å²) in [6.45, 7) is 7.21. The lowest BCUT2D eigenvalue weighted by Crippen LogP contribution is -2.56. The highest BCUT2D eigenvalue weighted by molar-refractivity contribution is 6.05. The molecule has 0 spiro atoms. The van der Waals surface area contributed by atoms with E-state index in [2.05, 4.69) is 15.3 Å². The van der Waals surface area contributed by atoms with Gasteiger partial charge in [0, 0.05) is 37.3 Å². The first-order valence-corrected chi connectivity index (χ1v) is 12.5. The normalized spacial score (nSPS) is 15.3. The number of anilines is 1. The zero-order chi connectivity index (χ0) is 28.3. The molecule has 0 aliphatic carbocycles. The van der Waals surface area contributed by atoms with Crippen LogP contribution in [0.15, 0.2) is 48.5 Å². The van der Waals surface area contributed by atoms with Gasteiger partial charge in [-0.1, -0.05) is 30.3 Å². The number of piperazine rings is 1. The van der Waals surface area contributed by atoms with Crippen molar-refractivity contribution in [1.29, 1.82) is 0 Å². The quantitative estimate of drug-likeness (QED) is 0.474. The van der Waals surface area contributed by atoms with Crippen LogP contribution in [-0.2, 0) is 4.74 Å². The van der Waals surface area contributed by atoms with Crippen LogP contribution in [0.2, 0.25) is 0 Å². The summed E-state index contributed by atoms with van der Waals surface area (Å²) in [6, 6.07) is 10.9. The number of aromatic nitrogens is 2. The highest BCUT2D eigenvalue weighted by atomic mass is 19.1. The molecule has 11 heteroatoms. The van der Waals surface area contributed by atoms with Crippen molar-refractivity contribution in [2.24, 2.45) is 0 Å². The van der Waals surface area contributed by atoms with E-state index >= 15 is 0 Å². The molecular weight excluding hydrogens is 508 g/mol. The number of hydrogen-bond donors (Lipinski definition) is 1. The molecule has 0 bridgehead atoms. The van der Waals surface area contributed by atoms with Gasteiger partial charge in [0.05, 0.1) is 17.5 Å². The number of carbonyl (C=O) groups excluding carboxylic acids is 3. The van der Waals surface area contributed by atoms with E-state index < -0.39 is 41.7 Å². The fourth-order valence-corrected chi connectivity index (χ4v) is 4.33. The summed E-state index contributed by atoms with van der Waals surface area (Å²) in [7, 11) is 0. The minimum absolute atomic E-state index is 0.00649. The van der Waals surface area contributed by atoms with E-state index in [4.69, 9.17) is 4.74 Å². The Hall–Kier alpha value is -4.41. The lowest BCUT2D eigenvalue weighted by atomic mass is 10.1. The highest BCUT2D eigenvalue weighted by Gasteiger charge is 2.34. The summed E-state index contributed by atoms with van der Waals surface area (Å²) in [4.78, 5) is 51.5. The van der Waals surface area contributed by atoms with Crippen LogP contribution < -0.4 is 5.32 Å². The first-order chi connectivity index (χ1) is 18.5. The van der Waals surface area contributed by atoms with Crippen LogP contribution in [0.25, 0.3) is 11.4 Å². The molecule has 9 nitrogen and oxygen atoms in total. The van der Waals surface area contributed by atoms with Gasteiger partial charge >= 0.3 is 12.0 Å². The average Bonchev–Trinajstić information content (AvgIpc) is 2.89. The number of aryl methyl sites for hydroxylation is 1. The van der Waals surface area contributed by atoms with Crippen LogP contribution in [0, 0.1) is 18.6 Å². The van der Waals surface area contributed by atoms with Gasteiger partial charge in [0.1, 0.15) is 22.9 Å². The van der Waals surface area contributed by atoms with Crippen LogP contribution in [0.4, 0.5) is 19.3 Å². The van der Waals surface area contributed by atoms with E-state index in [0.29, 0.717) is 23.1 Å². The molecule has 1 unspecified atom stereocenters. The summed E-state index contributed by atoms with van der Waals surface area (Å²) in [5.41, 5.74) is 0.760. The van der Waals surface area contributed by atoms with E-state index in [1.54, 1.807) is 39.8 Å². The van der Waals surface area contributed by atoms with Gasteiger partial charge in [-0.15, -0.1) is 0 Å². The highest BCUT2D eigenvalue weighted by Crippen LogP contribution is 2.23. The Morgan fingerprint density at radius 3 is 2.41 bits per heavy atom. The summed E-state index contributed by atoms with van der Waals surface area (Å²) >= 11 is 0. The second kappa shape index (κ2) is 11.5. The Morgan fingerprint density at radius 2 is 1.77 bits per heavy atom. The first-order valence-electron chi connectivity index (χ1n) is 12.5. The summed E-state index contributed by atoms with van der Waals surface area (Å²) in [5.74, 6) is -2.54. The number of rotatable bonds is 5. The van der Waals surface area contributed by atoms with Gasteiger partial charge in [0.15, 0.2) is 5.82 Å². The molecule has 1 saturated heterocycles.